The molecule has 5 rings (SSSR count). The van der Waals surface area contributed by atoms with Crippen LogP contribution in [-0.2, 0) is 4.79 Å². The van der Waals surface area contributed by atoms with E-state index in [1.54, 1.807) is 43.7 Å². The molecule has 236 valence electrons. The minimum atomic E-state index is -0.327. The summed E-state index contributed by atoms with van der Waals surface area (Å²) in [5.74, 6) is 1.70. The van der Waals surface area contributed by atoms with Gasteiger partial charge in [0.05, 0.1) is 35.8 Å². The number of para-hydroxylation sites is 2. The van der Waals surface area contributed by atoms with Gasteiger partial charge in [-0.15, -0.1) is 0 Å². The van der Waals surface area contributed by atoms with Gasteiger partial charge in [0.15, 0.2) is 23.9 Å². The lowest BCUT2D eigenvalue weighted by Crippen LogP contribution is -2.21. The number of benzene rings is 4. The van der Waals surface area contributed by atoms with Crippen LogP contribution in [0.4, 0.5) is 5.69 Å². The summed E-state index contributed by atoms with van der Waals surface area (Å²) < 4.78 is 19.5. The maximum Gasteiger partial charge on any atom is 0.282 e. The number of methoxy groups -OCH3 is 2. The minimum absolute atomic E-state index is 0.171. The summed E-state index contributed by atoms with van der Waals surface area (Å²) in [5, 5.41) is 7.89. The average Bonchev–Trinajstić information content (AvgIpc) is 3.05. The molecule has 0 saturated heterocycles. The van der Waals surface area contributed by atoms with Crippen molar-refractivity contribution >= 4 is 60.6 Å². The number of hydrogen-bond donors (Lipinski definition) is 1. The summed E-state index contributed by atoms with van der Waals surface area (Å²) in [7, 11) is 3.15. The van der Waals surface area contributed by atoms with E-state index in [1.165, 1.54) is 11.8 Å². The van der Waals surface area contributed by atoms with Crippen molar-refractivity contribution in [3.05, 3.63) is 109 Å². The number of carbonyl (C=O) groups excluding carboxylic acids is 1. The number of hydrogen-bond acceptors (Lipinski definition) is 7. The fraction of sp³-hybridized carbons (Fsp3) is 0.200. The SMILES string of the molecule is COc1cc(C)c(-c2nc3ccccc3c(=O)n2N=Cc2cc(OC)c(OCC(=O)Nc3ccccc3)c(Br)c2Br)cc1C(C)C. The number of fused-ring (bicyclic) bond motifs is 1. The number of anilines is 1. The molecule has 1 aromatic heterocycles. The normalized spacial score (nSPS) is 11.3. The van der Waals surface area contributed by atoms with E-state index in [-0.39, 0.29) is 24.0 Å². The minimum Gasteiger partial charge on any atom is -0.496 e. The van der Waals surface area contributed by atoms with Crippen LogP contribution in [0.25, 0.3) is 22.3 Å². The maximum atomic E-state index is 13.9. The molecule has 0 spiro atoms. The first-order valence-corrected chi connectivity index (χ1v) is 16.0. The number of nitrogens with one attached hydrogen (secondary N) is 1. The van der Waals surface area contributed by atoms with Crippen LogP contribution in [0, 0.1) is 6.92 Å². The van der Waals surface area contributed by atoms with E-state index in [9.17, 15) is 9.59 Å². The van der Waals surface area contributed by atoms with Crippen LogP contribution in [0.5, 0.6) is 17.2 Å². The van der Waals surface area contributed by atoms with Crippen molar-refractivity contribution in [2.75, 3.05) is 26.1 Å². The number of halogens is 2. The predicted octanol–water partition coefficient (Wildman–Crippen LogP) is 7.94. The summed E-state index contributed by atoms with van der Waals surface area (Å²) in [6.07, 6.45) is 1.55. The Hall–Kier alpha value is -4.48. The second-order valence-electron chi connectivity index (χ2n) is 10.7. The second-order valence-corrected chi connectivity index (χ2v) is 12.3. The lowest BCUT2D eigenvalue weighted by Gasteiger charge is -2.17. The molecule has 46 heavy (non-hydrogen) atoms. The third kappa shape index (κ3) is 6.85. The summed E-state index contributed by atoms with van der Waals surface area (Å²) in [6.45, 7) is 5.88. The molecule has 0 bridgehead atoms. The number of carbonyl (C=O) groups is 1. The fourth-order valence-electron chi connectivity index (χ4n) is 4.93. The van der Waals surface area contributed by atoms with Gasteiger partial charge in [0.25, 0.3) is 11.5 Å². The molecule has 0 saturated carbocycles. The van der Waals surface area contributed by atoms with E-state index in [4.69, 9.17) is 19.2 Å². The number of amides is 1. The molecule has 11 heteroatoms. The van der Waals surface area contributed by atoms with Crippen LogP contribution in [-0.4, -0.2) is 42.6 Å². The van der Waals surface area contributed by atoms with Gasteiger partial charge in [-0.2, -0.15) is 9.78 Å². The highest BCUT2D eigenvalue weighted by molar-refractivity contribution is 9.13. The Morgan fingerprint density at radius 2 is 1.67 bits per heavy atom. The van der Waals surface area contributed by atoms with Gasteiger partial charge in [-0.05, 0) is 98.3 Å². The van der Waals surface area contributed by atoms with Crippen molar-refractivity contribution in [1.82, 2.24) is 9.66 Å². The van der Waals surface area contributed by atoms with Gasteiger partial charge in [-0.3, -0.25) is 9.59 Å². The highest BCUT2D eigenvalue weighted by atomic mass is 79.9. The Labute approximate surface area is 283 Å². The Morgan fingerprint density at radius 3 is 2.37 bits per heavy atom. The molecule has 1 amide bonds. The van der Waals surface area contributed by atoms with Crippen LogP contribution in [0.15, 0.2) is 91.6 Å². The standard InChI is InChI=1S/C35H32Br2N4O5/c1-20(2)25-17-26(21(3)15-28(25)44-4)34-40-27-14-10-9-13-24(27)35(43)41(34)38-18-22-16-29(45-5)33(32(37)31(22)36)46-19-30(42)39-23-11-7-6-8-12-23/h6-18,20H,19H2,1-5H3,(H,39,42). The lowest BCUT2D eigenvalue weighted by atomic mass is 9.96. The number of nitrogens with zero attached hydrogens (tertiary/aromatic N) is 3. The molecule has 5 aromatic rings. The average molecular weight is 748 g/mol. The highest BCUT2D eigenvalue weighted by Crippen LogP contribution is 2.42. The number of aromatic nitrogens is 2. The van der Waals surface area contributed by atoms with Crippen molar-refractivity contribution in [2.24, 2.45) is 5.10 Å². The molecule has 1 N–H and O–H groups in total. The van der Waals surface area contributed by atoms with E-state index in [1.807, 2.05) is 49.4 Å². The molecule has 4 aromatic carbocycles. The van der Waals surface area contributed by atoms with Gasteiger partial charge in [0.1, 0.15) is 5.75 Å². The molecule has 1 heterocycles. The molecule has 0 aliphatic carbocycles. The summed E-state index contributed by atoms with van der Waals surface area (Å²) in [4.78, 5) is 31.3. The topological polar surface area (TPSA) is 104 Å². The van der Waals surface area contributed by atoms with E-state index >= 15 is 0 Å². The number of rotatable bonds is 10. The molecule has 0 aliphatic heterocycles. The maximum absolute atomic E-state index is 13.9. The third-order valence-electron chi connectivity index (χ3n) is 7.29. The zero-order valence-corrected chi connectivity index (χ0v) is 29.1. The summed E-state index contributed by atoms with van der Waals surface area (Å²) >= 11 is 7.18. The molecule has 9 nitrogen and oxygen atoms in total. The van der Waals surface area contributed by atoms with E-state index < -0.39 is 0 Å². The Balaban J connectivity index is 1.55. The summed E-state index contributed by atoms with van der Waals surface area (Å²) in [6, 6.07) is 22.0. The monoisotopic (exact) mass is 746 g/mol. The largest absolute Gasteiger partial charge is 0.496 e. The molecule has 0 radical (unpaired) electrons. The molecular weight excluding hydrogens is 716 g/mol. The second kappa shape index (κ2) is 14.3. The predicted molar refractivity (Wildman–Crippen MR) is 189 cm³/mol. The first-order valence-electron chi connectivity index (χ1n) is 14.4. The van der Waals surface area contributed by atoms with Crippen LogP contribution >= 0.6 is 31.9 Å². The molecule has 0 unspecified atom stereocenters. The first kappa shape index (κ1) is 32.9. The molecule has 0 aliphatic rings. The van der Waals surface area contributed by atoms with Crippen LogP contribution in [0.3, 0.4) is 0 Å². The summed E-state index contributed by atoms with van der Waals surface area (Å²) in [5.41, 5.74) is 4.15. The van der Waals surface area contributed by atoms with Gasteiger partial charge in [-0.1, -0.05) is 44.2 Å². The van der Waals surface area contributed by atoms with Gasteiger partial charge < -0.3 is 19.5 Å². The first-order chi connectivity index (χ1) is 22.1. The number of aryl methyl sites for hydroxylation is 1. The van der Waals surface area contributed by atoms with Crippen molar-refractivity contribution in [1.29, 1.82) is 0 Å². The zero-order chi connectivity index (χ0) is 33.0. The Bertz CT molecular complexity index is 2010. The lowest BCUT2D eigenvalue weighted by molar-refractivity contribution is -0.118. The molecule has 0 fully saturated rings. The van der Waals surface area contributed by atoms with E-state index in [2.05, 4.69) is 56.1 Å². The third-order valence-corrected chi connectivity index (χ3v) is 9.43. The van der Waals surface area contributed by atoms with Crippen LogP contribution in [0.1, 0.15) is 36.5 Å². The number of ether oxygens (including phenoxy) is 3. The van der Waals surface area contributed by atoms with E-state index in [0.717, 1.165) is 22.4 Å². The molecular formula is C35H32Br2N4O5. The van der Waals surface area contributed by atoms with Crippen molar-refractivity contribution in [3.63, 3.8) is 0 Å². The smallest absolute Gasteiger partial charge is 0.282 e. The van der Waals surface area contributed by atoms with Crippen molar-refractivity contribution in [3.8, 4) is 28.6 Å². The Morgan fingerprint density at radius 1 is 0.978 bits per heavy atom. The van der Waals surface area contributed by atoms with Crippen molar-refractivity contribution in [2.45, 2.75) is 26.7 Å². The van der Waals surface area contributed by atoms with Crippen LogP contribution in [0.2, 0.25) is 0 Å². The zero-order valence-electron chi connectivity index (χ0n) is 25.9. The van der Waals surface area contributed by atoms with E-state index in [0.29, 0.717) is 48.4 Å². The van der Waals surface area contributed by atoms with Crippen LogP contribution < -0.4 is 25.1 Å². The molecule has 0 atom stereocenters. The van der Waals surface area contributed by atoms with Gasteiger partial charge in [0.2, 0.25) is 0 Å². The van der Waals surface area contributed by atoms with Gasteiger partial charge >= 0.3 is 0 Å². The quantitative estimate of drug-likeness (QED) is 0.146. The Kier molecular flexibility index (Phi) is 10.2. The van der Waals surface area contributed by atoms with Crippen molar-refractivity contribution < 1.29 is 19.0 Å². The van der Waals surface area contributed by atoms with Gasteiger partial charge in [-0.25, -0.2) is 4.98 Å². The van der Waals surface area contributed by atoms with Gasteiger partial charge in [0, 0.05) is 21.3 Å². The fourth-order valence-corrected chi connectivity index (χ4v) is 5.87. The highest BCUT2D eigenvalue weighted by Gasteiger charge is 2.20.